The molecule has 1 aliphatic heterocycles. The number of benzene rings is 1. The molecular weight excluding hydrogens is 326 g/mol. The van der Waals surface area contributed by atoms with E-state index in [9.17, 15) is 5.11 Å². The van der Waals surface area contributed by atoms with Crippen molar-refractivity contribution in [1.29, 1.82) is 0 Å². The number of hydrogen-bond acceptors (Lipinski definition) is 4. The lowest BCUT2D eigenvalue weighted by atomic mass is 10.1. The number of hydrogen-bond donors (Lipinski definition) is 1. The number of fused-ring (bicyclic) bond motifs is 1. The zero-order valence-electron chi connectivity index (χ0n) is 15.3. The highest BCUT2D eigenvalue weighted by Gasteiger charge is 2.21. The summed E-state index contributed by atoms with van der Waals surface area (Å²) in [6.07, 6.45) is 2.47. The Bertz CT molecular complexity index is 883. The molecule has 0 amide bonds. The molecule has 1 aromatic carbocycles. The second-order valence-electron chi connectivity index (χ2n) is 7.07. The van der Waals surface area contributed by atoms with Gasteiger partial charge in [0, 0.05) is 45.0 Å². The molecule has 4 rings (SSSR count). The Morgan fingerprint density at radius 3 is 2.69 bits per heavy atom. The first-order chi connectivity index (χ1) is 12.6. The summed E-state index contributed by atoms with van der Waals surface area (Å²) < 4.78 is 3.93. The maximum Gasteiger partial charge on any atom is 0.123 e. The van der Waals surface area contributed by atoms with Gasteiger partial charge in [-0.15, -0.1) is 0 Å². The first kappa shape index (κ1) is 17.0. The molecule has 136 valence electrons. The molecule has 3 heterocycles. The molecule has 0 saturated heterocycles. The van der Waals surface area contributed by atoms with Gasteiger partial charge in [-0.1, -0.05) is 30.3 Å². The van der Waals surface area contributed by atoms with Gasteiger partial charge in [0.05, 0.1) is 17.1 Å². The SMILES string of the molecule is Cc1nn(C)cc1CN1CCCn2nc([C@H](O)c3ccccc3)cc2C1. The van der Waals surface area contributed by atoms with Crippen LogP contribution in [-0.4, -0.2) is 36.1 Å². The van der Waals surface area contributed by atoms with E-state index in [-0.39, 0.29) is 0 Å². The summed E-state index contributed by atoms with van der Waals surface area (Å²) in [4.78, 5) is 2.43. The Labute approximate surface area is 153 Å². The average Bonchev–Trinajstić information content (AvgIpc) is 3.11. The summed E-state index contributed by atoms with van der Waals surface area (Å²) in [5.74, 6) is 0. The van der Waals surface area contributed by atoms with E-state index in [0.717, 1.165) is 55.2 Å². The van der Waals surface area contributed by atoms with Gasteiger partial charge in [-0.2, -0.15) is 10.2 Å². The van der Waals surface area contributed by atoms with E-state index in [1.165, 1.54) is 5.56 Å². The molecule has 0 bridgehead atoms. The smallest absolute Gasteiger partial charge is 0.123 e. The Hall–Kier alpha value is -2.44. The number of aliphatic hydroxyl groups is 1. The van der Waals surface area contributed by atoms with Crippen LogP contribution in [0.5, 0.6) is 0 Å². The second-order valence-corrected chi connectivity index (χ2v) is 7.07. The molecule has 6 heteroatoms. The van der Waals surface area contributed by atoms with E-state index in [1.54, 1.807) is 0 Å². The van der Waals surface area contributed by atoms with Crippen LogP contribution in [-0.2, 0) is 26.7 Å². The summed E-state index contributed by atoms with van der Waals surface area (Å²) in [5.41, 5.74) is 5.12. The number of rotatable bonds is 4. The van der Waals surface area contributed by atoms with Crippen LogP contribution in [0.25, 0.3) is 0 Å². The Balaban J connectivity index is 1.53. The molecule has 1 atom stereocenters. The normalized spacial score (nSPS) is 16.3. The third kappa shape index (κ3) is 3.43. The van der Waals surface area contributed by atoms with Crippen molar-refractivity contribution in [3.05, 3.63) is 70.8 Å². The van der Waals surface area contributed by atoms with Gasteiger partial charge in [0.25, 0.3) is 0 Å². The van der Waals surface area contributed by atoms with Crippen molar-refractivity contribution in [1.82, 2.24) is 24.5 Å². The zero-order valence-corrected chi connectivity index (χ0v) is 15.3. The van der Waals surface area contributed by atoms with Crippen molar-refractivity contribution >= 4 is 0 Å². The highest BCUT2D eigenvalue weighted by Crippen LogP contribution is 2.24. The van der Waals surface area contributed by atoms with Crippen LogP contribution >= 0.6 is 0 Å². The maximum absolute atomic E-state index is 10.7. The predicted octanol–water partition coefficient (Wildman–Crippen LogP) is 2.41. The Morgan fingerprint density at radius 2 is 1.96 bits per heavy atom. The minimum atomic E-state index is -0.676. The van der Waals surface area contributed by atoms with Crippen molar-refractivity contribution in [2.75, 3.05) is 6.54 Å². The number of aliphatic hydroxyl groups excluding tert-OH is 1. The van der Waals surface area contributed by atoms with Crippen molar-refractivity contribution in [3.8, 4) is 0 Å². The number of nitrogens with zero attached hydrogens (tertiary/aromatic N) is 5. The van der Waals surface area contributed by atoms with E-state index in [0.29, 0.717) is 0 Å². The highest BCUT2D eigenvalue weighted by molar-refractivity contribution is 5.27. The van der Waals surface area contributed by atoms with Crippen LogP contribution in [0, 0.1) is 6.92 Å². The fourth-order valence-electron chi connectivity index (χ4n) is 3.67. The quantitative estimate of drug-likeness (QED) is 0.784. The number of aryl methyl sites for hydroxylation is 3. The molecule has 6 nitrogen and oxygen atoms in total. The first-order valence-corrected chi connectivity index (χ1v) is 9.11. The minimum absolute atomic E-state index is 0.676. The third-order valence-electron chi connectivity index (χ3n) is 5.02. The van der Waals surface area contributed by atoms with Crippen molar-refractivity contribution in [3.63, 3.8) is 0 Å². The van der Waals surface area contributed by atoms with Gasteiger partial charge in [0.2, 0.25) is 0 Å². The van der Waals surface area contributed by atoms with Crippen LogP contribution in [0.15, 0.2) is 42.6 Å². The van der Waals surface area contributed by atoms with E-state index in [2.05, 4.69) is 32.9 Å². The largest absolute Gasteiger partial charge is 0.382 e. The van der Waals surface area contributed by atoms with Gasteiger partial charge in [0.1, 0.15) is 6.10 Å². The summed E-state index contributed by atoms with van der Waals surface area (Å²) in [7, 11) is 1.96. The van der Waals surface area contributed by atoms with Crippen LogP contribution in [0.1, 0.15) is 40.7 Å². The van der Waals surface area contributed by atoms with Gasteiger partial charge in [-0.25, -0.2) is 0 Å². The lowest BCUT2D eigenvalue weighted by Crippen LogP contribution is -2.23. The Kier molecular flexibility index (Phi) is 4.61. The van der Waals surface area contributed by atoms with Crippen LogP contribution in [0.2, 0.25) is 0 Å². The van der Waals surface area contributed by atoms with E-state index in [1.807, 2.05) is 48.1 Å². The molecule has 0 saturated carbocycles. The van der Waals surface area contributed by atoms with E-state index >= 15 is 0 Å². The maximum atomic E-state index is 10.7. The summed E-state index contributed by atoms with van der Waals surface area (Å²) in [6, 6.07) is 11.8. The lowest BCUT2D eigenvalue weighted by Gasteiger charge is -2.18. The minimum Gasteiger partial charge on any atom is -0.382 e. The van der Waals surface area contributed by atoms with Gasteiger partial charge in [-0.05, 0) is 25.0 Å². The van der Waals surface area contributed by atoms with E-state index < -0.39 is 6.10 Å². The van der Waals surface area contributed by atoms with Crippen LogP contribution < -0.4 is 0 Å². The van der Waals surface area contributed by atoms with Crippen LogP contribution in [0.3, 0.4) is 0 Å². The summed E-state index contributed by atoms with van der Waals surface area (Å²) in [5, 5.41) is 19.8. The molecular formula is C20H25N5O. The summed E-state index contributed by atoms with van der Waals surface area (Å²) >= 11 is 0. The fourth-order valence-corrected chi connectivity index (χ4v) is 3.67. The molecule has 26 heavy (non-hydrogen) atoms. The molecule has 0 unspecified atom stereocenters. The third-order valence-corrected chi connectivity index (χ3v) is 5.02. The second kappa shape index (κ2) is 7.05. The van der Waals surface area contributed by atoms with E-state index in [4.69, 9.17) is 0 Å². The molecule has 0 aliphatic carbocycles. The monoisotopic (exact) mass is 351 g/mol. The predicted molar refractivity (Wildman–Crippen MR) is 99.4 cm³/mol. The summed E-state index contributed by atoms with van der Waals surface area (Å²) in [6.45, 7) is 5.71. The van der Waals surface area contributed by atoms with Crippen molar-refractivity contribution in [2.24, 2.45) is 7.05 Å². The topological polar surface area (TPSA) is 59.1 Å². The molecule has 1 aliphatic rings. The lowest BCUT2D eigenvalue weighted by molar-refractivity contribution is 0.213. The van der Waals surface area contributed by atoms with Gasteiger partial charge in [0.15, 0.2) is 0 Å². The van der Waals surface area contributed by atoms with Crippen LogP contribution in [0.4, 0.5) is 0 Å². The molecule has 2 aromatic heterocycles. The van der Waals surface area contributed by atoms with Gasteiger partial charge in [-0.3, -0.25) is 14.3 Å². The van der Waals surface area contributed by atoms with Gasteiger partial charge >= 0.3 is 0 Å². The number of aromatic nitrogens is 4. The molecule has 0 fully saturated rings. The molecule has 0 spiro atoms. The average molecular weight is 351 g/mol. The zero-order chi connectivity index (χ0) is 18.1. The highest BCUT2D eigenvalue weighted by atomic mass is 16.3. The fraction of sp³-hybridized carbons (Fsp3) is 0.400. The molecule has 0 radical (unpaired) electrons. The molecule has 1 N–H and O–H groups in total. The molecule has 3 aromatic rings. The van der Waals surface area contributed by atoms with Gasteiger partial charge < -0.3 is 5.11 Å². The Morgan fingerprint density at radius 1 is 1.15 bits per heavy atom. The first-order valence-electron chi connectivity index (χ1n) is 9.11. The van der Waals surface area contributed by atoms with Crippen molar-refractivity contribution < 1.29 is 5.11 Å². The standard InChI is InChI=1S/C20H25N5O/c1-15-17(12-23(2)21-15)13-24-9-6-10-25-18(14-24)11-19(22-25)20(26)16-7-4-3-5-8-16/h3-5,7-8,11-12,20,26H,6,9-10,13-14H2,1-2H3/t20-/m1/s1. The van der Waals surface area contributed by atoms with Crippen molar-refractivity contribution in [2.45, 2.75) is 39.1 Å².